The molecule has 0 amide bonds. The van der Waals surface area contributed by atoms with E-state index in [0.29, 0.717) is 17.2 Å². The van der Waals surface area contributed by atoms with E-state index in [4.69, 9.17) is 9.40 Å². The Morgan fingerprint density at radius 2 is 1.39 bits per heavy atom. The Bertz CT molecular complexity index is 1490. The molecule has 0 aliphatic carbocycles. The third-order valence-electron chi connectivity index (χ3n) is 5.31. The maximum atomic E-state index is 9.68. The van der Waals surface area contributed by atoms with Gasteiger partial charge in [-0.25, -0.2) is 9.97 Å². The molecule has 0 aliphatic rings. The van der Waals surface area contributed by atoms with Crippen molar-refractivity contribution >= 4 is 22.6 Å². The summed E-state index contributed by atoms with van der Waals surface area (Å²) in [5, 5.41) is 10.7. The molecule has 6 nitrogen and oxygen atoms in total. The Kier molecular flexibility index (Phi) is 5.32. The summed E-state index contributed by atoms with van der Waals surface area (Å²) in [6.45, 7) is 0. The van der Waals surface area contributed by atoms with Crippen molar-refractivity contribution in [3.63, 3.8) is 0 Å². The molecule has 0 spiro atoms. The summed E-state index contributed by atoms with van der Waals surface area (Å²) in [4.78, 5) is 16.0. The Morgan fingerprint density at radius 1 is 0.758 bits per heavy atom. The lowest BCUT2D eigenvalue weighted by Crippen LogP contribution is -2.08. The molecule has 5 rings (SSSR count). The molecular weight excluding hydrogens is 412 g/mol. The van der Waals surface area contributed by atoms with Crippen LogP contribution >= 0.6 is 0 Å². The summed E-state index contributed by atoms with van der Waals surface area (Å²) in [5.74, 6) is 0.499. The molecule has 0 radical (unpaired) electrons. The van der Waals surface area contributed by atoms with Gasteiger partial charge in [0.1, 0.15) is 11.3 Å². The molecule has 0 bridgehead atoms. The van der Waals surface area contributed by atoms with E-state index in [2.05, 4.69) is 9.98 Å². The third-order valence-corrected chi connectivity index (χ3v) is 5.31. The third kappa shape index (κ3) is 4.45. The summed E-state index contributed by atoms with van der Waals surface area (Å²) in [6.07, 6.45) is 0. The molecule has 2 heterocycles. The minimum Gasteiger partial charge on any atom is -0.508 e. The lowest BCUT2D eigenvalue weighted by molar-refractivity contribution is 0.475. The molecule has 1 N–H and O–H groups in total. The van der Waals surface area contributed by atoms with Crippen molar-refractivity contribution in [3.8, 4) is 28.3 Å². The molecule has 5 aromatic rings. The van der Waals surface area contributed by atoms with Crippen molar-refractivity contribution in [1.82, 2.24) is 9.97 Å². The predicted octanol–water partition coefficient (Wildman–Crippen LogP) is 5.56. The van der Waals surface area contributed by atoms with Gasteiger partial charge in [0.05, 0.1) is 11.4 Å². The number of hydrogen-bond acceptors (Lipinski definition) is 6. The molecule has 3 aromatic carbocycles. The van der Waals surface area contributed by atoms with Gasteiger partial charge < -0.3 is 14.4 Å². The Morgan fingerprint density at radius 3 is 2.06 bits per heavy atom. The number of phenols is 1. The summed E-state index contributed by atoms with van der Waals surface area (Å²) in [5.41, 5.74) is 5.53. The lowest BCUT2D eigenvalue weighted by Gasteiger charge is -2.13. The molecule has 0 saturated carbocycles. The van der Waals surface area contributed by atoms with Crippen LogP contribution in [0, 0.1) is 0 Å². The fourth-order valence-electron chi connectivity index (χ4n) is 3.52. The molecule has 33 heavy (non-hydrogen) atoms. The zero-order valence-corrected chi connectivity index (χ0v) is 18.3. The van der Waals surface area contributed by atoms with Crippen molar-refractivity contribution in [1.29, 1.82) is 0 Å². The molecule has 0 unspecified atom stereocenters. The van der Waals surface area contributed by atoms with Gasteiger partial charge in [0, 0.05) is 42.4 Å². The lowest BCUT2D eigenvalue weighted by atomic mass is 10.1. The highest BCUT2D eigenvalue weighted by Gasteiger charge is 2.10. The standard InChI is InChI=1S/C27H22N4O2/c1-31(2)21-12-7-18(8-13-21)23-17-24(19-9-14-22(32)15-10-19)29-27(28-23)30-26-16-11-20-5-3-4-6-25(20)33-26/h3-17,32H,1-2H3/b30-26-. The summed E-state index contributed by atoms with van der Waals surface area (Å²) < 4.78 is 5.93. The van der Waals surface area contributed by atoms with Crippen LogP contribution in [0.4, 0.5) is 11.6 Å². The molecule has 0 saturated heterocycles. The van der Waals surface area contributed by atoms with Gasteiger partial charge in [-0.15, -0.1) is 0 Å². The van der Waals surface area contributed by atoms with Crippen molar-refractivity contribution in [2.24, 2.45) is 4.99 Å². The molecule has 2 aromatic heterocycles. The van der Waals surface area contributed by atoms with E-state index in [-0.39, 0.29) is 5.75 Å². The van der Waals surface area contributed by atoms with Crippen LogP contribution in [0.2, 0.25) is 0 Å². The van der Waals surface area contributed by atoms with Gasteiger partial charge in [0.15, 0.2) is 0 Å². The van der Waals surface area contributed by atoms with Crippen LogP contribution in [0.1, 0.15) is 0 Å². The first kappa shape index (κ1) is 20.5. The number of benzene rings is 3. The molecule has 6 heteroatoms. The average Bonchev–Trinajstić information content (AvgIpc) is 2.84. The van der Waals surface area contributed by atoms with Gasteiger partial charge in [-0.3, -0.25) is 0 Å². The molecule has 162 valence electrons. The summed E-state index contributed by atoms with van der Waals surface area (Å²) in [7, 11) is 4.01. The Hall–Kier alpha value is -4.45. The first-order valence-corrected chi connectivity index (χ1v) is 10.5. The minimum atomic E-state index is 0.201. The van der Waals surface area contributed by atoms with Crippen LogP contribution < -0.4 is 10.5 Å². The number of para-hydroxylation sites is 1. The fraction of sp³-hybridized carbons (Fsp3) is 0.0741. The molecule has 0 aliphatic heterocycles. The van der Waals surface area contributed by atoms with Gasteiger partial charge >= 0.3 is 0 Å². The van der Waals surface area contributed by atoms with E-state index in [9.17, 15) is 5.11 Å². The van der Waals surface area contributed by atoms with E-state index in [1.807, 2.05) is 97.9 Å². The number of anilines is 1. The van der Waals surface area contributed by atoms with E-state index < -0.39 is 0 Å². The topological polar surface area (TPSA) is 74.8 Å². The predicted molar refractivity (Wildman–Crippen MR) is 130 cm³/mol. The van der Waals surface area contributed by atoms with Crippen molar-refractivity contribution in [2.75, 3.05) is 19.0 Å². The molecular formula is C27H22N4O2. The van der Waals surface area contributed by atoms with Gasteiger partial charge in [-0.1, -0.05) is 30.3 Å². The second-order valence-electron chi connectivity index (χ2n) is 7.85. The van der Waals surface area contributed by atoms with Crippen LogP contribution in [-0.4, -0.2) is 29.2 Å². The minimum absolute atomic E-state index is 0.201. The van der Waals surface area contributed by atoms with Gasteiger partial charge in [-0.05, 0) is 54.6 Å². The van der Waals surface area contributed by atoms with Crippen LogP contribution in [-0.2, 0) is 0 Å². The second kappa shape index (κ2) is 8.59. The Labute approximate surface area is 191 Å². The Balaban J connectivity index is 1.65. The number of nitrogens with zero attached hydrogens (tertiary/aromatic N) is 4. The SMILES string of the molecule is CN(C)c1ccc(-c2cc(-c3ccc(O)cc3)nc(/N=c3/ccc4ccccc4o3)n2)cc1. The normalized spacial score (nSPS) is 11.6. The average molecular weight is 434 g/mol. The fourth-order valence-corrected chi connectivity index (χ4v) is 3.52. The van der Waals surface area contributed by atoms with E-state index in [1.165, 1.54) is 0 Å². The zero-order chi connectivity index (χ0) is 22.8. The van der Waals surface area contributed by atoms with Crippen LogP contribution in [0.25, 0.3) is 33.5 Å². The van der Waals surface area contributed by atoms with Gasteiger partial charge in [0.25, 0.3) is 5.95 Å². The smallest absolute Gasteiger partial charge is 0.253 e. The maximum absolute atomic E-state index is 9.68. The maximum Gasteiger partial charge on any atom is 0.253 e. The highest BCUT2D eigenvalue weighted by molar-refractivity contribution is 5.76. The van der Waals surface area contributed by atoms with Crippen LogP contribution in [0.3, 0.4) is 0 Å². The summed E-state index contributed by atoms with van der Waals surface area (Å²) >= 11 is 0. The first-order chi connectivity index (χ1) is 16.0. The van der Waals surface area contributed by atoms with Crippen molar-refractivity contribution in [2.45, 2.75) is 0 Å². The zero-order valence-electron chi connectivity index (χ0n) is 18.3. The summed E-state index contributed by atoms with van der Waals surface area (Å²) in [6, 6.07) is 28.5. The number of aromatic nitrogens is 2. The van der Waals surface area contributed by atoms with Gasteiger partial charge in [0.2, 0.25) is 5.55 Å². The van der Waals surface area contributed by atoms with Crippen LogP contribution in [0.5, 0.6) is 5.75 Å². The van der Waals surface area contributed by atoms with Crippen molar-refractivity contribution in [3.05, 3.63) is 96.5 Å². The van der Waals surface area contributed by atoms with Gasteiger partial charge in [-0.2, -0.15) is 4.99 Å². The molecule has 0 atom stereocenters. The monoisotopic (exact) mass is 434 g/mol. The van der Waals surface area contributed by atoms with E-state index in [0.717, 1.165) is 33.5 Å². The highest BCUT2D eigenvalue weighted by Crippen LogP contribution is 2.28. The van der Waals surface area contributed by atoms with E-state index in [1.54, 1.807) is 12.1 Å². The quantitative estimate of drug-likeness (QED) is 0.401. The highest BCUT2D eigenvalue weighted by atomic mass is 16.3. The molecule has 0 fully saturated rings. The van der Waals surface area contributed by atoms with Crippen LogP contribution in [0.15, 0.2) is 100 Å². The number of phenolic OH excluding ortho intramolecular Hbond substituents is 1. The van der Waals surface area contributed by atoms with Crippen molar-refractivity contribution < 1.29 is 9.52 Å². The largest absolute Gasteiger partial charge is 0.508 e. The second-order valence-corrected chi connectivity index (χ2v) is 7.85. The number of hydrogen-bond donors (Lipinski definition) is 1. The first-order valence-electron chi connectivity index (χ1n) is 10.5. The number of rotatable bonds is 4. The number of aromatic hydroxyl groups is 1. The van der Waals surface area contributed by atoms with E-state index >= 15 is 0 Å². The number of fused-ring (bicyclic) bond motifs is 1.